The molecule has 0 saturated carbocycles. The van der Waals surface area contributed by atoms with E-state index >= 15 is 0 Å². The van der Waals surface area contributed by atoms with Crippen LogP contribution in [-0.4, -0.2) is 19.1 Å². The first kappa shape index (κ1) is 9.01. The van der Waals surface area contributed by atoms with Crippen molar-refractivity contribution in [2.45, 2.75) is 6.10 Å². The molecule has 2 rings (SSSR count). The number of carbonyl (C=O) groups is 2. The molecular weight excluding hydrogens is 206 g/mol. The van der Waals surface area contributed by atoms with Gasteiger partial charge in [-0.2, -0.15) is 0 Å². The van der Waals surface area contributed by atoms with E-state index in [-0.39, 0.29) is 0 Å². The summed E-state index contributed by atoms with van der Waals surface area (Å²) in [6.45, 7) is 0. The second kappa shape index (κ2) is 3.30. The van der Waals surface area contributed by atoms with Crippen LogP contribution in [0.4, 0.5) is 4.79 Å². The number of carbonyl (C=O) groups excluding carboxylic acids is 2. The average Bonchev–Trinajstić information content (AvgIpc) is 2.71. The zero-order chi connectivity index (χ0) is 10.1. The number of nitrogens with one attached hydrogen (secondary N) is 1. The molecule has 1 aliphatic heterocycles. The van der Waals surface area contributed by atoms with E-state index in [0.29, 0.717) is 10.6 Å². The number of methoxy groups -OCH3 is 1. The molecule has 0 radical (unpaired) electrons. The van der Waals surface area contributed by atoms with Crippen LogP contribution in [-0.2, 0) is 9.53 Å². The maximum atomic E-state index is 11.2. The molecule has 0 spiro atoms. The van der Waals surface area contributed by atoms with E-state index in [4.69, 9.17) is 9.47 Å². The molecule has 5 nitrogen and oxygen atoms in total. The number of alkyl carbamates (subject to hydrolysis) is 1. The van der Waals surface area contributed by atoms with Crippen molar-refractivity contribution in [2.75, 3.05) is 7.11 Å². The summed E-state index contributed by atoms with van der Waals surface area (Å²) in [6.07, 6.45) is -1.58. The Morgan fingerprint density at radius 3 is 2.93 bits per heavy atom. The van der Waals surface area contributed by atoms with Crippen LogP contribution in [0.5, 0.6) is 5.75 Å². The van der Waals surface area contributed by atoms with Crippen LogP contribution < -0.4 is 10.1 Å². The maximum absolute atomic E-state index is 11.2. The van der Waals surface area contributed by atoms with E-state index in [1.54, 1.807) is 11.4 Å². The highest BCUT2D eigenvalue weighted by molar-refractivity contribution is 7.10. The van der Waals surface area contributed by atoms with Gasteiger partial charge in [0.1, 0.15) is 5.75 Å². The largest absolute Gasteiger partial charge is 0.495 e. The van der Waals surface area contributed by atoms with Crippen molar-refractivity contribution >= 4 is 23.3 Å². The van der Waals surface area contributed by atoms with Gasteiger partial charge in [-0.25, -0.2) is 4.79 Å². The summed E-state index contributed by atoms with van der Waals surface area (Å²) in [6, 6.07) is 1.72. The van der Waals surface area contributed by atoms with Crippen LogP contribution in [0.2, 0.25) is 0 Å². The van der Waals surface area contributed by atoms with Gasteiger partial charge in [0.15, 0.2) is 0 Å². The number of thiophene rings is 1. The molecule has 1 N–H and O–H groups in total. The van der Waals surface area contributed by atoms with E-state index in [0.717, 1.165) is 0 Å². The van der Waals surface area contributed by atoms with Gasteiger partial charge in [0, 0.05) is 0 Å². The highest BCUT2D eigenvalue weighted by Gasteiger charge is 2.36. The quantitative estimate of drug-likeness (QED) is 0.797. The molecule has 0 aliphatic carbocycles. The van der Waals surface area contributed by atoms with E-state index in [9.17, 15) is 9.59 Å². The molecule has 6 heteroatoms. The van der Waals surface area contributed by atoms with Crippen LogP contribution in [0.1, 0.15) is 11.0 Å². The lowest BCUT2D eigenvalue weighted by molar-refractivity contribution is -0.123. The van der Waals surface area contributed by atoms with E-state index in [1.165, 1.54) is 18.4 Å². The fourth-order valence-electron chi connectivity index (χ4n) is 1.20. The number of hydrogen-bond acceptors (Lipinski definition) is 5. The first-order valence-corrected chi connectivity index (χ1v) is 4.73. The van der Waals surface area contributed by atoms with Crippen molar-refractivity contribution in [3.8, 4) is 5.75 Å². The van der Waals surface area contributed by atoms with Gasteiger partial charge >= 0.3 is 6.09 Å². The molecule has 1 saturated heterocycles. The number of amides is 2. The van der Waals surface area contributed by atoms with Gasteiger partial charge in [0.25, 0.3) is 5.91 Å². The SMILES string of the molecule is COc1ccsc1C1OC(=O)NC1=O. The Morgan fingerprint density at radius 2 is 2.36 bits per heavy atom. The molecule has 1 unspecified atom stereocenters. The smallest absolute Gasteiger partial charge is 0.415 e. The van der Waals surface area contributed by atoms with Gasteiger partial charge in [0.2, 0.25) is 6.10 Å². The molecule has 2 heterocycles. The first-order chi connectivity index (χ1) is 6.72. The van der Waals surface area contributed by atoms with Gasteiger partial charge < -0.3 is 9.47 Å². The minimum Gasteiger partial charge on any atom is -0.495 e. The van der Waals surface area contributed by atoms with Crippen molar-refractivity contribution in [1.29, 1.82) is 0 Å². The van der Waals surface area contributed by atoms with E-state index in [1.807, 2.05) is 0 Å². The third-order valence-electron chi connectivity index (χ3n) is 1.80. The van der Waals surface area contributed by atoms with Crippen LogP contribution in [0.3, 0.4) is 0 Å². The van der Waals surface area contributed by atoms with Gasteiger partial charge in [-0.05, 0) is 11.4 Å². The lowest BCUT2D eigenvalue weighted by Crippen LogP contribution is -2.20. The van der Waals surface area contributed by atoms with Crippen molar-refractivity contribution in [1.82, 2.24) is 5.32 Å². The molecule has 74 valence electrons. The Labute approximate surface area is 83.6 Å². The van der Waals surface area contributed by atoms with E-state index < -0.39 is 18.1 Å². The van der Waals surface area contributed by atoms with Gasteiger partial charge in [0.05, 0.1) is 12.0 Å². The Bertz CT molecular complexity index is 386. The Hall–Kier alpha value is -1.56. The number of cyclic esters (lactones) is 1. The van der Waals surface area contributed by atoms with Gasteiger partial charge in [-0.15, -0.1) is 11.3 Å². The average molecular weight is 213 g/mol. The monoisotopic (exact) mass is 213 g/mol. The summed E-state index contributed by atoms with van der Waals surface area (Å²) in [7, 11) is 1.50. The fraction of sp³-hybridized carbons (Fsp3) is 0.250. The molecule has 2 amide bonds. The molecule has 0 bridgehead atoms. The summed E-state index contributed by atoms with van der Waals surface area (Å²) in [5.41, 5.74) is 0. The molecule has 1 atom stereocenters. The molecule has 1 aliphatic rings. The Kier molecular flexibility index (Phi) is 2.12. The van der Waals surface area contributed by atoms with Crippen molar-refractivity contribution in [2.24, 2.45) is 0 Å². The topological polar surface area (TPSA) is 64.6 Å². The van der Waals surface area contributed by atoms with Crippen molar-refractivity contribution in [3.63, 3.8) is 0 Å². The second-order valence-corrected chi connectivity index (χ2v) is 3.58. The zero-order valence-electron chi connectivity index (χ0n) is 7.27. The van der Waals surface area contributed by atoms with E-state index in [2.05, 4.69) is 5.32 Å². The zero-order valence-corrected chi connectivity index (χ0v) is 8.09. The number of imide groups is 1. The predicted octanol–water partition coefficient (Wildman–Crippen LogP) is 1.06. The third-order valence-corrected chi connectivity index (χ3v) is 2.74. The Balaban J connectivity index is 2.31. The van der Waals surface area contributed by atoms with Gasteiger partial charge in [-0.3, -0.25) is 10.1 Å². The molecular formula is C8H7NO4S. The minimum atomic E-state index is -0.863. The maximum Gasteiger partial charge on any atom is 0.415 e. The van der Waals surface area contributed by atoms with Crippen LogP contribution >= 0.6 is 11.3 Å². The third kappa shape index (κ3) is 1.33. The van der Waals surface area contributed by atoms with Crippen molar-refractivity contribution in [3.05, 3.63) is 16.3 Å². The number of ether oxygens (including phenoxy) is 2. The summed E-state index contributed by atoms with van der Waals surface area (Å²) in [5.74, 6) is 0.112. The summed E-state index contributed by atoms with van der Waals surface area (Å²) in [4.78, 5) is 22.6. The van der Waals surface area contributed by atoms with Crippen molar-refractivity contribution < 1.29 is 19.1 Å². The number of rotatable bonds is 2. The predicted molar refractivity (Wildman–Crippen MR) is 48.2 cm³/mol. The lowest BCUT2D eigenvalue weighted by atomic mass is 10.2. The second-order valence-electron chi connectivity index (χ2n) is 2.63. The fourth-order valence-corrected chi connectivity index (χ4v) is 2.08. The number of hydrogen-bond donors (Lipinski definition) is 1. The highest BCUT2D eigenvalue weighted by atomic mass is 32.1. The molecule has 1 aromatic rings. The summed E-state index contributed by atoms with van der Waals surface area (Å²) in [5, 5.41) is 3.83. The molecule has 0 aromatic carbocycles. The summed E-state index contributed by atoms with van der Waals surface area (Å²) < 4.78 is 9.81. The van der Waals surface area contributed by atoms with Crippen LogP contribution in [0.25, 0.3) is 0 Å². The molecule has 1 aromatic heterocycles. The van der Waals surface area contributed by atoms with Crippen LogP contribution in [0.15, 0.2) is 11.4 Å². The minimum absolute atomic E-state index is 0.448. The highest BCUT2D eigenvalue weighted by Crippen LogP contribution is 2.34. The summed E-state index contributed by atoms with van der Waals surface area (Å²) >= 11 is 1.31. The standard InChI is InChI=1S/C8H7NO4S/c1-12-4-2-3-14-6(4)5-7(10)9-8(11)13-5/h2-3,5H,1H3,(H,9,10,11). The molecule has 1 fully saturated rings. The van der Waals surface area contributed by atoms with Crippen LogP contribution in [0, 0.1) is 0 Å². The van der Waals surface area contributed by atoms with Gasteiger partial charge in [-0.1, -0.05) is 0 Å². The molecule has 14 heavy (non-hydrogen) atoms. The first-order valence-electron chi connectivity index (χ1n) is 3.85. The lowest BCUT2D eigenvalue weighted by Gasteiger charge is -2.05. The Morgan fingerprint density at radius 1 is 1.57 bits per heavy atom. The normalized spacial score (nSPS) is 20.5.